The molecule has 3 heterocycles. The Labute approximate surface area is 169 Å². The van der Waals surface area contributed by atoms with E-state index in [0.717, 1.165) is 30.0 Å². The van der Waals surface area contributed by atoms with Crippen LogP contribution in [0.3, 0.4) is 0 Å². The summed E-state index contributed by atoms with van der Waals surface area (Å²) in [5.41, 5.74) is 2.36. The maximum absolute atomic E-state index is 12.7. The van der Waals surface area contributed by atoms with Crippen LogP contribution in [0.4, 0.5) is 0 Å². The summed E-state index contributed by atoms with van der Waals surface area (Å²) in [4.78, 5) is 17.1. The fourth-order valence-electron chi connectivity index (χ4n) is 3.34. The second-order valence-corrected chi connectivity index (χ2v) is 7.45. The number of hydrogen-bond acceptors (Lipinski definition) is 4. The molecule has 1 aromatic carbocycles. The number of rotatable bonds is 6. The van der Waals surface area contributed by atoms with Crippen LogP contribution in [0.1, 0.15) is 38.9 Å². The Bertz CT molecular complexity index is 1200. The zero-order valence-corrected chi connectivity index (χ0v) is 17.2. The highest BCUT2D eigenvalue weighted by molar-refractivity contribution is 5.59. The largest absolute Gasteiger partial charge is 0.439 e. The van der Waals surface area contributed by atoms with Crippen LogP contribution in [0, 0.1) is 0 Å². The van der Waals surface area contributed by atoms with Crippen molar-refractivity contribution in [1.82, 2.24) is 23.7 Å². The maximum atomic E-state index is 12.7. The fourth-order valence-corrected chi connectivity index (χ4v) is 3.34. The number of fused-ring (bicyclic) bond motifs is 1. The molecule has 4 rings (SSSR count). The lowest BCUT2D eigenvalue weighted by molar-refractivity contribution is 0.430. The zero-order chi connectivity index (χ0) is 20.5. The molecule has 7 nitrogen and oxygen atoms in total. The Hall–Kier alpha value is -3.35. The third kappa shape index (κ3) is 3.55. The summed E-state index contributed by atoms with van der Waals surface area (Å²) in [5, 5.41) is 4.58. The highest BCUT2D eigenvalue weighted by atomic mass is 16.5. The molecule has 0 aliphatic rings. The van der Waals surface area contributed by atoms with E-state index in [0.29, 0.717) is 17.1 Å². The molecule has 0 amide bonds. The van der Waals surface area contributed by atoms with E-state index in [1.807, 2.05) is 65.7 Å². The van der Waals surface area contributed by atoms with E-state index in [2.05, 4.69) is 17.0 Å². The quantitative estimate of drug-likeness (QED) is 0.493. The Morgan fingerprint density at radius 3 is 2.59 bits per heavy atom. The van der Waals surface area contributed by atoms with Crippen LogP contribution in [-0.2, 0) is 13.6 Å². The molecule has 7 heteroatoms. The summed E-state index contributed by atoms with van der Waals surface area (Å²) in [6, 6.07) is 9.73. The summed E-state index contributed by atoms with van der Waals surface area (Å²) in [6.07, 6.45) is 6.48. The monoisotopic (exact) mass is 391 g/mol. The van der Waals surface area contributed by atoms with Crippen LogP contribution in [0.5, 0.6) is 11.6 Å². The van der Waals surface area contributed by atoms with Gasteiger partial charge in [0.25, 0.3) is 5.56 Å². The van der Waals surface area contributed by atoms with Gasteiger partial charge < -0.3 is 4.74 Å². The lowest BCUT2D eigenvalue weighted by atomic mass is 10.1. The summed E-state index contributed by atoms with van der Waals surface area (Å²) in [7, 11) is 1.70. The van der Waals surface area contributed by atoms with E-state index in [1.165, 1.54) is 4.57 Å². The number of nitrogens with zero attached hydrogens (tertiary/aromatic N) is 5. The molecule has 29 heavy (non-hydrogen) atoms. The third-order valence-corrected chi connectivity index (χ3v) is 4.90. The van der Waals surface area contributed by atoms with E-state index < -0.39 is 0 Å². The van der Waals surface area contributed by atoms with Crippen molar-refractivity contribution in [3.63, 3.8) is 0 Å². The van der Waals surface area contributed by atoms with Crippen molar-refractivity contribution < 1.29 is 4.74 Å². The summed E-state index contributed by atoms with van der Waals surface area (Å²) >= 11 is 0. The van der Waals surface area contributed by atoms with Gasteiger partial charge in [0.05, 0.1) is 18.1 Å². The van der Waals surface area contributed by atoms with E-state index >= 15 is 0 Å². The number of aromatic nitrogens is 5. The van der Waals surface area contributed by atoms with Gasteiger partial charge in [0.2, 0.25) is 5.88 Å². The van der Waals surface area contributed by atoms with Gasteiger partial charge in [-0.1, -0.05) is 20.8 Å². The van der Waals surface area contributed by atoms with Crippen LogP contribution in [0.25, 0.3) is 16.8 Å². The average Bonchev–Trinajstić information content (AvgIpc) is 3.34. The van der Waals surface area contributed by atoms with Crippen LogP contribution >= 0.6 is 0 Å². The van der Waals surface area contributed by atoms with E-state index in [4.69, 9.17) is 4.74 Å². The van der Waals surface area contributed by atoms with Crippen molar-refractivity contribution in [2.24, 2.45) is 7.05 Å². The minimum Gasteiger partial charge on any atom is -0.439 e. The molecular weight excluding hydrogens is 366 g/mol. The smallest absolute Gasteiger partial charge is 0.279 e. The fraction of sp³-hybridized carbons (Fsp3) is 0.318. The van der Waals surface area contributed by atoms with Crippen LogP contribution in [0.2, 0.25) is 0 Å². The van der Waals surface area contributed by atoms with Gasteiger partial charge >= 0.3 is 0 Å². The summed E-state index contributed by atoms with van der Waals surface area (Å²) < 4.78 is 11.3. The molecule has 4 aromatic rings. The molecule has 0 aliphatic heterocycles. The van der Waals surface area contributed by atoms with Crippen molar-refractivity contribution >= 4 is 5.52 Å². The molecule has 0 aliphatic carbocycles. The van der Waals surface area contributed by atoms with Gasteiger partial charge in [-0.3, -0.25) is 18.4 Å². The molecule has 0 N–H and O–H groups in total. The minimum atomic E-state index is -0.139. The number of benzene rings is 1. The molecule has 150 valence electrons. The van der Waals surface area contributed by atoms with Crippen molar-refractivity contribution in [2.45, 2.75) is 39.7 Å². The van der Waals surface area contributed by atoms with Crippen molar-refractivity contribution in [3.8, 4) is 22.9 Å². The first-order valence-corrected chi connectivity index (χ1v) is 9.86. The lowest BCUT2D eigenvalue weighted by Crippen LogP contribution is -2.20. The molecule has 3 aromatic heterocycles. The average molecular weight is 391 g/mol. The molecule has 0 atom stereocenters. The number of hydrogen-bond donors (Lipinski definition) is 0. The van der Waals surface area contributed by atoms with Gasteiger partial charge in [0, 0.05) is 31.3 Å². The van der Waals surface area contributed by atoms with Crippen LogP contribution in [-0.4, -0.2) is 23.7 Å². The van der Waals surface area contributed by atoms with E-state index in [-0.39, 0.29) is 11.5 Å². The topological polar surface area (TPSA) is 66.3 Å². The molecule has 0 spiro atoms. The number of aryl methyl sites for hydroxylation is 1. The molecule has 0 radical (unpaired) electrons. The normalized spacial score (nSPS) is 11.5. The van der Waals surface area contributed by atoms with Gasteiger partial charge in [-0.25, -0.2) is 4.98 Å². The molecular formula is C22H25N5O2. The maximum Gasteiger partial charge on any atom is 0.279 e. The van der Waals surface area contributed by atoms with Crippen LogP contribution < -0.4 is 10.3 Å². The van der Waals surface area contributed by atoms with Gasteiger partial charge in [-0.05, 0) is 36.8 Å². The highest BCUT2D eigenvalue weighted by Gasteiger charge is 2.14. The van der Waals surface area contributed by atoms with Gasteiger partial charge in [0.1, 0.15) is 17.1 Å². The first-order chi connectivity index (χ1) is 14.0. The van der Waals surface area contributed by atoms with Crippen molar-refractivity contribution in [2.75, 3.05) is 0 Å². The number of ether oxygens (including phenoxy) is 1. The Morgan fingerprint density at radius 2 is 1.90 bits per heavy atom. The summed E-state index contributed by atoms with van der Waals surface area (Å²) in [6.45, 7) is 7.14. The Morgan fingerprint density at radius 1 is 1.14 bits per heavy atom. The van der Waals surface area contributed by atoms with E-state index in [9.17, 15) is 4.79 Å². The van der Waals surface area contributed by atoms with Crippen LogP contribution in [0.15, 0.2) is 53.7 Å². The second-order valence-electron chi connectivity index (χ2n) is 7.45. The van der Waals surface area contributed by atoms with Gasteiger partial charge in [-0.15, -0.1) is 0 Å². The molecule has 0 fully saturated rings. The molecule has 0 saturated carbocycles. The lowest BCUT2D eigenvalue weighted by Gasteiger charge is -2.12. The van der Waals surface area contributed by atoms with Gasteiger partial charge in [0.15, 0.2) is 0 Å². The molecule has 0 unspecified atom stereocenters. The third-order valence-electron chi connectivity index (χ3n) is 4.90. The number of imidazole rings is 1. The first kappa shape index (κ1) is 19.0. The van der Waals surface area contributed by atoms with Crippen molar-refractivity contribution in [1.29, 1.82) is 0 Å². The summed E-state index contributed by atoms with van der Waals surface area (Å²) in [5.74, 6) is 2.15. The SMILES string of the molecule is CCCn1ccc(-c2ccc(Oc3cn4c(C(C)C)ncc4c(=O)n3C)cc2)n1. The second kappa shape index (κ2) is 7.58. The van der Waals surface area contributed by atoms with Gasteiger partial charge in [-0.2, -0.15) is 5.10 Å². The zero-order valence-electron chi connectivity index (χ0n) is 17.2. The standard InChI is InChI=1S/C22H25N5O2/c1-5-11-26-12-10-18(24-26)16-6-8-17(9-7-16)29-20-14-27-19(22(28)25(20)4)13-23-21(27)15(2)3/h6-10,12-15H,5,11H2,1-4H3. The molecule has 0 saturated heterocycles. The highest BCUT2D eigenvalue weighted by Crippen LogP contribution is 2.25. The Balaban J connectivity index is 1.63. The first-order valence-electron chi connectivity index (χ1n) is 9.86. The van der Waals surface area contributed by atoms with E-state index in [1.54, 1.807) is 13.2 Å². The predicted octanol–water partition coefficient (Wildman–Crippen LogP) is 4.22. The predicted molar refractivity (Wildman–Crippen MR) is 113 cm³/mol. The molecule has 0 bridgehead atoms. The minimum absolute atomic E-state index is 0.139. The Kier molecular flexibility index (Phi) is 4.96. The van der Waals surface area contributed by atoms with Crippen molar-refractivity contribution in [3.05, 3.63) is 65.1 Å².